The van der Waals surface area contributed by atoms with Gasteiger partial charge in [0.1, 0.15) is 5.03 Å². The van der Waals surface area contributed by atoms with E-state index in [0.29, 0.717) is 12.3 Å². The number of carbonyl (C=O) groups excluding carboxylic acids is 1. The summed E-state index contributed by atoms with van der Waals surface area (Å²) in [4.78, 5) is 15.9. The molecule has 0 aliphatic heterocycles. The van der Waals surface area contributed by atoms with Crippen molar-refractivity contribution in [3.05, 3.63) is 72.6 Å². The lowest BCUT2D eigenvalue weighted by Gasteiger charge is -2.05. The standard InChI is InChI=1S/C19H18N4OS/c24-18(21-13-8-15-4-2-1-3-5-15)14-25-19-7-6-17(22-23-19)16-9-11-20-12-10-16/h1-7,9-12H,8,13-14H2,(H,21,24). The number of nitrogens with one attached hydrogen (secondary N) is 1. The molecule has 0 fully saturated rings. The zero-order chi connectivity index (χ0) is 17.3. The van der Waals surface area contributed by atoms with Crippen LogP contribution in [0.25, 0.3) is 11.3 Å². The molecule has 3 aromatic rings. The van der Waals surface area contributed by atoms with Crippen LogP contribution in [0.2, 0.25) is 0 Å². The monoisotopic (exact) mass is 350 g/mol. The van der Waals surface area contributed by atoms with E-state index in [2.05, 4.69) is 32.6 Å². The first kappa shape index (κ1) is 17.1. The van der Waals surface area contributed by atoms with Crippen LogP contribution in [-0.2, 0) is 11.2 Å². The molecule has 0 aliphatic carbocycles. The summed E-state index contributed by atoms with van der Waals surface area (Å²) in [5.41, 5.74) is 2.98. The fourth-order valence-electron chi connectivity index (χ4n) is 2.26. The van der Waals surface area contributed by atoms with Crippen molar-refractivity contribution < 1.29 is 4.79 Å². The van der Waals surface area contributed by atoms with Crippen LogP contribution in [0.3, 0.4) is 0 Å². The number of carbonyl (C=O) groups is 1. The van der Waals surface area contributed by atoms with E-state index < -0.39 is 0 Å². The fourth-order valence-corrected chi connectivity index (χ4v) is 2.90. The van der Waals surface area contributed by atoms with Gasteiger partial charge in [-0.1, -0.05) is 42.1 Å². The van der Waals surface area contributed by atoms with Crippen LogP contribution in [0.4, 0.5) is 0 Å². The van der Waals surface area contributed by atoms with Crippen LogP contribution in [0.5, 0.6) is 0 Å². The third-order valence-corrected chi connectivity index (χ3v) is 4.47. The second kappa shape index (κ2) is 8.94. The number of hydrogen-bond acceptors (Lipinski definition) is 5. The Hall–Kier alpha value is -2.73. The van der Waals surface area contributed by atoms with Crippen molar-refractivity contribution in [1.82, 2.24) is 20.5 Å². The van der Waals surface area contributed by atoms with Crippen molar-refractivity contribution in [2.24, 2.45) is 0 Å². The van der Waals surface area contributed by atoms with E-state index in [-0.39, 0.29) is 5.91 Å². The van der Waals surface area contributed by atoms with Gasteiger partial charge in [0.15, 0.2) is 0 Å². The topological polar surface area (TPSA) is 67.8 Å². The number of hydrogen-bond donors (Lipinski definition) is 1. The first-order chi connectivity index (χ1) is 12.3. The molecule has 1 aromatic carbocycles. The van der Waals surface area contributed by atoms with Crippen molar-refractivity contribution >= 4 is 17.7 Å². The van der Waals surface area contributed by atoms with Gasteiger partial charge in [-0.05, 0) is 36.2 Å². The molecule has 0 radical (unpaired) electrons. The maximum absolute atomic E-state index is 11.9. The number of pyridine rings is 1. The molecule has 1 N–H and O–H groups in total. The summed E-state index contributed by atoms with van der Waals surface area (Å²) in [5, 5.41) is 12.0. The van der Waals surface area contributed by atoms with Gasteiger partial charge in [-0.3, -0.25) is 9.78 Å². The van der Waals surface area contributed by atoms with Crippen LogP contribution >= 0.6 is 11.8 Å². The molecule has 5 nitrogen and oxygen atoms in total. The van der Waals surface area contributed by atoms with E-state index >= 15 is 0 Å². The molecule has 1 amide bonds. The number of rotatable bonds is 7. The molecule has 126 valence electrons. The highest BCUT2D eigenvalue weighted by Gasteiger charge is 2.05. The maximum atomic E-state index is 11.9. The average molecular weight is 350 g/mol. The van der Waals surface area contributed by atoms with Crippen molar-refractivity contribution in [1.29, 1.82) is 0 Å². The van der Waals surface area contributed by atoms with Gasteiger partial charge in [-0.2, -0.15) is 0 Å². The van der Waals surface area contributed by atoms with Gasteiger partial charge >= 0.3 is 0 Å². The number of amides is 1. The summed E-state index contributed by atoms with van der Waals surface area (Å²) in [7, 11) is 0. The van der Waals surface area contributed by atoms with E-state index in [1.807, 2.05) is 42.5 Å². The van der Waals surface area contributed by atoms with Gasteiger partial charge in [0.25, 0.3) is 0 Å². The van der Waals surface area contributed by atoms with Crippen LogP contribution in [0.15, 0.2) is 72.0 Å². The molecule has 0 aliphatic rings. The zero-order valence-corrected chi connectivity index (χ0v) is 14.4. The van der Waals surface area contributed by atoms with Crippen molar-refractivity contribution in [3.8, 4) is 11.3 Å². The van der Waals surface area contributed by atoms with Crippen molar-refractivity contribution in [3.63, 3.8) is 0 Å². The van der Waals surface area contributed by atoms with Gasteiger partial charge in [-0.15, -0.1) is 10.2 Å². The van der Waals surface area contributed by atoms with Gasteiger partial charge in [0.2, 0.25) is 5.91 Å². The summed E-state index contributed by atoms with van der Waals surface area (Å²) in [6.07, 6.45) is 4.27. The fraction of sp³-hybridized carbons (Fsp3) is 0.158. The van der Waals surface area contributed by atoms with Crippen LogP contribution in [0.1, 0.15) is 5.56 Å². The Kier molecular flexibility index (Phi) is 6.11. The number of aromatic nitrogens is 3. The SMILES string of the molecule is O=C(CSc1ccc(-c2ccncc2)nn1)NCCc1ccccc1. The summed E-state index contributed by atoms with van der Waals surface area (Å²) >= 11 is 1.38. The molecule has 0 saturated heterocycles. The van der Waals surface area contributed by atoms with Crippen LogP contribution in [-0.4, -0.2) is 33.4 Å². The lowest BCUT2D eigenvalue weighted by atomic mass is 10.1. The molecule has 0 spiro atoms. The Morgan fingerprint density at radius 3 is 2.48 bits per heavy atom. The minimum atomic E-state index is 0.000872. The maximum Gasteiger partial charge on any atom is 0.230 e. The third kappa shape index (κ3) is 5.39. The Morgan fingerprint density at radius 1 is 0.960 bits per heavy atom. The normalized spacial score (nSPS) is 10.4. The van der Waals surface area contributed by atoms with E-state index in [1.165, 1.54) is 17.3 Å². The van der Waals surface area contributed by atoms with Gasteiger partial charge < -0.3 is 5.32 Å². The first-order valence-corrected chi connectivity index (χ1v) is 8.97. The lowest BCUT2D eigenvalue weighted by molar-refractivity contribution is -0.118. The Balaban J connectivity index is 1.43. The van der Waals surface area contributed by atoms with Gasteiger partial charge in [0, 0.05) is 24.5 Å². The Morgan fingerprint density at radius 2 is 1.76 bits per heavy atom. The van der Waals surface area contributed by atoms with Gasteiger partial charge in [-0.25, -0.2) is 0 Å². The molecule has 3 rings (SSSR count). The molecule has 0 atom stereocenters. The Bertz CT molecular complexity index is 795. The molecule has 0 saturated carbocycles. The molecule has 0 bridgehead atoms. The molecule has 2 heterocycles. The zero-order valence-electron chi connectivity index (χ0n) is 13.6. The third-order valence-electron chi connectivity index (χ3n) is 3.55. The summed E-state index contributed by atoms with van der Waals surface area (Å²) in [5.74, 6) is 0.332. The van der Waals surface area contributed by atoms with Gasteiger partial charge in [0.05, 0.1) is 11.4 Å². The molecule has 2 aromatic heterocycles. The van der Waals surface area contributed by atoms with E-state index in [9.17, 15) is 4.79 Å². The molecular formula is C19H18N4OS. The molecular weight excluding hydrogens is 332 g/mol. The van der Waals surface area contributed by atoms with E-state index in [1.54, 1.807) is 12.4 Å². The minimum Gasteiger partial charge on any atom is -0.355 e. The summed E-state index contributed by atoms with van der Waals surface area (Å²) < 4.78 is 0. The molecule has 25 heavy (non-hydrogen) atoms. The van der Waals surface area contributed by atoms with Crippen LogP contribution in [0, 0.1) is 0 Å². The number of benzene rings is 1. The molecule has 0 unspecified atom stereocenters. The van der Waals surface area contributed by atoms with E-state index in [0.717, 1.165) is 22.7 Å². The van der Waals surface area contributed by atoms with Crippen LogP contribution < -0.4 is 5.32 Å². The van der Waals surface area contributed by atoms with Crippen molar-refractivity contribution in [2.75, 3.05) is 12.3 Å². The predicted octanol–water partition coefficient (Wildman–Crippen LogP) is 2.99. The second-order valence-electron chi connectivity index (χ2n) is 5.37. The second-order valence-corrected chi connectivity index (χ2v) is 6.36. The van der Waals surface area contributed by atoms with E-state index in [4.69, 9.17) is 0 Å². The number of thioether (sulfide) groups is 1. The molecule has 6 heteroatoms. The summed E-state index contributed by atoms with van der Waals surface area (Å²) in [6, 6.07) is 17.7. The smallest absolute Gasteiger partial charge is 0.230 e. The number of nitrogens with zero attached hydrogens (tertiary/aromatic N) is 3. The predicted molar refractivity (Wildman–Crippen MR) is 99.1 cm³/mol. The average Bonchev–Trinajstić information content (AvgIpc) is 2.68. The lowest BCUT2D eigenvalue weighted by Crippen LogP contribution is -2.27. The minimum absolute atomic E-state index is 0.000872. The summed E-state index contributed by atoms with van der Waals surface area (Å²) in [6.45, 7) is 0.635. The highest BCUT2D eigenvalue weighted by molar-refractivity contribution is 7.99. The quantitative estimate of drug-likeness (QED) is 0.664. The highest BCUT2D eigenvalue weighted by Crippen LogP contribution is 2.18. The van der Waals surface area contributed by atoms with Crippen molar-refractivity contribution in [2.45, 2.75) is 11.4 Å². The first-order valence-electron chi connectivity index (χ1n) is 7.99. The largest absolute Gasteiger partial charge is 0.355 e. The Labute approximate surface area is 150 Å². The highest BCUT2D eigenvalue weighted by atomic mass is 32.2.